The number of nitrogens with one attached hydrogen (secondary N) is 1. The molecule has 90 valence electrons. The molecule has 5 unspecified atom stereocenters. The highest BCUT2D eigenvalue weighted by molar-refractivity contribution is 5.44. The second kappa shape index (κ2) is 3.76. The van der Waals surface area contributed by atoms with E-state index in [1.54, 1.807) is 0 Å². The first kappa shape index (κ1) is 9.99. The van der Waals surface area contributed by atoms with Crippen LogP contribution in [-0.4, -0.2) is 6.04 Å². The number of para-hydroxylation sites is 1. The molecule has 3 fully saturated rings. The molecule has 0 amide bonds. The van der Waals surface area contributed by atoms with Crippen molar-refractivity contribution in [2.75, 3.05) is 5.32 Å². The summed E-state index contributed by atoms with van der Waals surface area (Å²) in [5.74, 6) is 4.12. The minimum Gasteiger partial charge on any atom is -0.382 e. The lowest BCUT2D eigenvalue weighted by atomic mass is 9.70. The fourth-order valence-corrected chi connectivity index (χ4v) is 4.87. The summed E-state index contributed by atoms with van der Waals surface area (Å²) in [6.45, 7) is 0. The second-order valence-corrected chi connectivity index (χ2v) is 6.45. The fraction of sp³-hybridized carbons (Fsp3) is 0.625. The van der Waals surface area contributed by atoms with Crippen molar-refractivity contribution in [3.05, 3.63) is 30.3 Å². The summed E-state index contributed by atoms with van der Waals surface area (Å²) in [6.07, 6.45) is 7.53. The monoisotopic (exact) mass is 227 g/mol. The Morgan fingerprint density at radius 2 is 1.59 bits per heavy atom. The van der Waals surface area contributed by atoms with E-state index in [9.17, 15) is 0 Å². The molecule has 0 aliphatic heterocycles. The Balaban J connectivity index is 1.55. The van der Waals surface area contributed by atoms with Crippen molar-refractivity contribution in [3.8, 4) is 0 Å². The van der Waals surface area contributed by atoms with Gasteiger partial charge in [0, 0.05) is 11.7 Å². The van der Waals surface area contributed by atoms with E-state index in [1.807, 2.05) is 0 Å². The number of hydrogen-bond donors (Lipinski definition) is 1. The first-order chi connectivity index (χ1) is 8.38. The maximum Gasteiger partial charge on any atom is 0.0342 e. The van der Waals surface area contributed by atoms with E-state index in [4.69, 9.17) is 0 Å². The minimum absolute atomic E-state index is 0.758. The Morgan fingerprint density at radius 3 is 2.41 bits per heavy atom. The largest absolute Gasteiger partial charge is 0.382 e. The van der Waals surface area contributed by atoms with Gasteiger partial charge in [0.2, 0.25) is 0 Å². The van der Waals surface area contributed by atoms with E-state index in [0.29, 0.717) is 0 Å². The zero-order chi connectivity index (χ0) is 11.2. The molecule has 4 rings (SSSR count). The quantitative estimate of drug-likeness (QED) is 0.807. The first-order valence-corrected chi connectivity index (χ1v) is 7.20. The van der Waals surface area contributed by atoms with E-state index in [1.165, 1.54) is 37.8 Å². The van der Waals surface area contributed by atoms with Crippen LogP contribution in [0, 0.1) is 23.7 Å². The molecule has 1 aromatic rings. The molecule has 1 N–H and O–H groups in total. The smallest absolute Gasteiger partial charge is 0.0342 e. The average molecular weight is 227 g/mol. The summed E-state index contributed by atoms with van der Waals surface area (Å²) >= 11 is 0. The number of fused-ring (bicyclic) bond motifs is 2. The highest BCUT2D eigenvalue weighted by atomic mass is 14.9. The molecule has 3 aliphatic carbocycles. The Hall–Kier alpha value is -0.980. The number of rotatable bonds is 2. The van der Waals surface area contributed by atoms with Gasteiger partial charge in [-0.05, 0) is 67.9 Å². The summed E-state index contributed by atoms with van der Waals surface area (Å²) < 4.78 is 0. The van der Waals surface area contributed by atoms with Gasteiger partial charge in [-0.1, -0.05) is 18.2 Å². The van der Waals surface area contributed by atoms with Gasteiger partial charge in [-0.15, -0.1) is 0 Å². The Morgan fingerprint density at radius 1 is 0.824 bits per heavy atom. The van der Waals surface area contributed by atoms with Gasteiger partial charge in [0.25, 0.3) is 0 Å². The fourth-order valence-electron chi connectivity index (χ4n) is 4.87. The molecule has 1 aromatic carbocycles. The van der Waals surface area contributed by atoms with Gasteiger partial charge in [-0.2, -0.15) is 0 Å². The Kier molecular flexibility index (Phi) is 2.21. The lowest BCUT2D eigenvalue weighted by Gasteiger charge is -2.40. The normalized spacial score (nSPS) is 42.7. The van der Waals surface area contributed by atoms with Crippen molar-refractivity contribution >= 4 is 5.69 Å². The summed E-state index contributed by atoms with van der Waals surface area (Å²) in [5, 5.41) is 3.81. The van der Waals surface area contributed by atoms with Gasteiger partial charge in [0.1, 0.15) is 0 Å². The van der Waals surface area contributed by atoms with Crippen LogP contribution >= 0.6 is 0 Å². The molecule has 1 heteroatoms. The zero-order valence-electron chi connectivity index (χ0n) is 10.3. The van der Waals surface area contributed by atoms with E-state index in [2.05, 4.69) is 35.6 Å². The molecule has 0 spiro atoms. The molecule has 1 nitrogen and oxygen atoms in total. The van der Waals surface area contributed by atoms with E-state index < -0.39 is 0 Å². The third-order valence-corrected chi connectivity index (χ3v) is 5.38. The highest BCUT2D eigenvalue weighted by Gasteiger charge is 2.48. The lowest BCUT2D eigenvalue weighted by Crippen LogP contribution is -2.38. The molecule has 3 saturated carbocycles. The maximum absolute atomic E-state index is 3.81. The van der Waals surface area contributed by atoms with Gasteiger partial charge in [-0.25, -0.2) is 0 Å². The van der Waals surface area contributed by atoms with Crippen LogP contribution in [0.3, 0.4) is 0 Å². The van der Waals surface area contributed by atoms with Crippen LogP contribution in [0.4, 0.5) is 5.69 Å². The van der Waals surface area contributed by atoms with Gasteiger partial charge in [-0.3, -0.25) is 0 Å². The summed E-state index contributed by atoms with van der Waals surface area (Å²) in [7, 11) is 0. The lowest BCUT2D eigenvalue weighted by molar-refractivity contribution is 0.164. The molecule has 17 heavy (non-hydrogen) atoms. The first-order valence-electron chi connectivity index (χ1n) is 7.20. The van der Waals surface area contributed by atoms with Gasteiger partial charge in [0.05, 0.1) is 0 Å². The van der Waals surface area contributed by atoms with Crippen molar-refractivity contribution in [2.45, 2.75) is 38.1 Å². The van der Waals surface area contributed by atoms with Gasteiger partial charge >= 0.3 is 0 Å². The molecule has 5 atom stereocenters. The molecule has 3 aliphatic rings. The molecule has 0 heterocycles. The van der Waals surface area contributed by atoms with Gasteiger partial charge < -0.3 is 5.32 Å². The number of anilines is 1. The van der Waals surface area contributed by atoms with Crippen LogP contribution in [-0.2, 0) is 0 Å². The van der Waals surface area contributed by atoms with Crippen molar-refractivity contribution < 1.29 is 0 Å². The van der Waals surface area contributed by atoms with Crippen LogP contribution in [0.15, 0.2) is 30.3 Å². The average Bonchev–Trinajstić information content (AvgIpc) is 2.57. The van der Waals surface area contributed by atoms with Gasteiger partial charge in [0.15, 0.2) is 0 Å². The second-order valence-electron chi connectivity index (χ2n) is 6.45. The van der Waals surface area contributed by atoms with Crippen molar-refractivity contribution in [3.63, 3.8) is 0 Å². The maximum atomic E-state index is 3.81. The van der Waals surface area contributed by atoms with Crippen LogP contribution in [0.1, 0.15) is 32.1 Å². The van der Waals surface area contributed by atoms with E-state index >= 15 is 0 Å². The standard InChI is InChI=1S/C16H21N/c1-2-4-14(5-3-1)17-16-10-12-6-11-7-13(8-12)15(16)9-11/h1-5,11-13,15-17H,6-10H2. The molecule has 0 aromatic heterocycles. The van der Waals surface area contributed by atoms with Crippen LogP contribution in [0.5, 0.6) is 0 Å². The number of hydrogen-bond acceptors (Lipinski definition) is 1. The van der Waals surface area contributed by atoms with Crippen LogP contribution in [0.25, 0.3) is 0 Å². The predicted octanol–water partition coefficient (Wildman–Crippen LogP) is 3.92. The topological polar surface area (TPSA) is 12.0 Å². The van der Waals surface area contributed by atoms with Crippen molar-refractivity contribution in [1.29, 1.82) is 0 Å². The van der Waals surface area contributed by atoms with Crippen molar-refractivity contribution in [2.24, 2.45) is 23.7 Å². The Bertz CT molecular complexity index is 397. The Labute approximate surface area is 104 Å². The van der Waals surface area contributed by atoms with Crippen LogP contribution in [0.2, 0.25) is 0 Å². The third-order valence-electron chi connectivity index (χ3n) is 5.38. The number of benzene rings is 1. The van der Waals surface area contributed by atoms with Crippen molar-refractivity contribution in [1.82, 2.24) is 0 Å². The molecule has 0 radical (unpaired) electrons. The third kappa shape index (κ3) is 1.67. The van der Waals surface area contributed by atoms with E-state index in [0.717, 1.165) is 29.7 Å². The van der Waals surface area contributed by atoms with Crippen LogP contribution < -0.4 is 5.32 Å². The zero-order valence-corrected chi connectivity index (χ0v) is 10.3. The highest BCUT2D eigenvalue weighted by Crippen LogP contribution is 2.55. The summed E-state index contributed by atoms with van der Waals surface area (Å²) in [5.41, 5.74) is 1.32. The SMILES string of the molecule is c1ccc(NC2CC3CC4CC(C3)C2C4)cc1. The summed E-state index contributed by atoms with van der Waals surface area (Å²) in [6, 6.07) is 11.6. The van der Waals surface area contributed by atoms with E-state index in [-0.39, 0.29) is 0 Å². The molecular weight excluding hydrogens is 206 g/mol. The molecule has 0 saturated heterocycles. The predicted molar refractivity (Wildman–Crippen MR) is 70.9 cm³/mol. The molecular formula is C16H21N. The minimum atomic E-state index is 0.758. The molecule has 3 bridgehead atoms. The summed E-state index contributed by atoms with van der Waals surface area (Å²) in [4.78, 5) is 0.